The van der Waals surface area contributed by atoms with Gasteiger partial charge < -0.3 is 15.8 Å². The first-order valence-electron chi connectivity index (χ1n) is 7.32. The summed E-state index contributed by atoms with van der Waals surface area (Å²) in [5.41, 5.74) is 8.56. The lowest BCUT2D eigenvalue weighted by molar-refractivity contribution is 0.395. The van der Waals surface area contributed by atoms with Crippen LogP contribution in [0.2, 0.25) is 0 Å². The highest BCUT2D eigenvalue weighted by Gasteiger charge is 2.22. The molecular weight excluding hydrogens is 236 g/mol. The molecule has 0 heterocycles. The normalized spacial score (nSPS) is 23.4. The van der Waals surface area contributed by atoms with E-state index in [9.17, 15) is 0 Å². The zero-order valence-corrected chi connectivity index (χ0v) is 12.3. The van der Waals surface area contributed by atoms with Crippen LogP contribution in [0.5, 0.6) is 5.75 Å². The summed E-state index contributed by atoms with van der Waals surface area (Å²) in [6, 6.07) is 7.04. The molecule has 1 saturated carbocycles. The molecule has 2 unspecified atom stereocenters. The second kappa shape index (κ2) is 6.29. The Hall–Kier alpha value is -1.22. The SMILES string of the molecule is COc1cc(C(C)C)ccc1NC1CCCCC1N. The molecule has 1 aliphatic carbocycles. The van der Waals surface area contributed by atoms with Crippen LogP contribution in [0.4, 0.5) is 5.69 Å². The molecule has 3 nitrogen and oxygen atoms in total. The van der Waals surface area contributed by atoms with Crippen molar-refractivity contribution in [3.63, 3.8) is 0 Å². The van der Waals surface area contributed by atoms with Crippen molar-refractivity contribution in [2.75, 3.05) is 12.4 Å². The van der Waals surface area contributed by atoms with Gasteiger partial charge in [-0.2, -0.15) is 0 Å². The van der Waals surface area contributed by atoms with Gasteiger partial charge in [0.05, 0.1) is 12.8 Å². The first-order valence-corrected chi connectivity index (χ1v) is 7.32. The Morgan fingerprint density at radius 2 is 2.00 bits per heavy atom. The van der Waals surface area contributed by atoms with Crippen LogP contribution < -0.4 is 15.8 Å². The largest absolute Gasteiger partial charge is 0.495 e. The summed E-state index contributed by atoms with van der Waals surface area (Å²) in [5, 5.41) is 3.57. The van der Waals surface area contributed by atoms with Crippen LogP contribution in [-0.4, -0.2) is 19.2 Å². The Morgan fingerprint density at radius 1 is 1.26 bits per heavy atom. The minimum atomic E-state index is 0.253. The Balaban J connectivity index is 2.15. The number of benzene rings is 1. The lowest BCUT2D eigenvalue weighted by Crippen LogP contribution is -2.42. The number of anilines is 1. The minimum absolute atomic E-state index is 0.253. The van der Waals surface area contributed by atoms with E-state index in [4.69, 9.17) is 10.5 Å². The molecular formula is C16H26N2O. The minimum Gasteiger partial charge on any atom is -0.495 e. The molecule has 2 rings (SSSR count). The predicted octanol–water partition coefficient (Wildman–Crippen LogP) is 3.50. The Bertz CT molecular complexity index is 417. The Labute approximate surface area is 116 Å². The molecule has 3 N–H and O–H groups in total. The lowest BCUT2D eigenvalue weighted by atomic mass is 9.90. The van der Waals surface area contributed by atoms with Crippen molar-refractivity contribution in [2.24, 2.45) is 5.73 Å². The molecule has 2 atom stereocenters. The van der Waals surface area contributed by atoms with Gasteiger partial charge in [-0.1, -0.05) is 32.8 Å². The van der Waals surface area contributed by atoms with Crippen LogP contribution in [0, 0.1) is 0 Å². The maximum atomic E-state index is 6.19. The molecule has 0 aliphatic heterocycles. The first-order chi connectivity index (χ1) is 9.11. The number of ether oxygens (including phenoxy) is 1. The van der Waals surface area contributed by atoms with E-state index in [2.05, 4.69) is 37.4 Å². The molecule has 1 aliphatic rings. The van der Waals surface area contributed by atoms with Gasteiger partial charge in [-0.05, 0) is 36.5 Å². The van der Waals surface area contributed by atoms with Crippen LogP contribution in [0.3, 0.4) is 0 Å². The third-order valence-electron chi connectivity index (χ3n) is 4.05. The van der Waals surface area contributed by atoms with Gasteiger partial charge in [0.1, 0.15) is 5.75 Å². The van der Waals surface area contributed by atoms with Gasteiger partial charge in [0.25, 0.3) is 0 Å². The van der Waals surface area contributed by atoms with Crippen molar-refractivity contribution in [3.05, 3.63) is 23.8 Å². The predicted molar refractivity (Wildman–Crippen MR) is 80.9 cm³/mol. The van der Waals surface area contributed by atoms with E-state index < -0.39 is 0 Å². The van der Waals surface area contributed by atoms with Gasteiger partial charge in [0.15, 0.2) is 0 Å². The van der Waals surface area contributed by atoms with Crippen molar-refractivity contribution < 1.29 is 4.74 Å². The van der Waals surface area contributed by atoms with Crippen LogP contribution in [0.1, 0.15) is 51.0 Å². The molecule has 3 heteroatoms. The van der Waals surface area contributed by atoms with Crippen LogP contribution in [0.15, 0.2) is 18.2 Å². The number of nitrogens with one attached hydrogen (secondary N) is 1. The summed E-state index contributed by atoms with van der Waals surface area (Å²) in [6.07, 6.45) is 4.78. The molecule has 19 heavy (non-hydrogen) atoms. The van der Waals surface area contributed by atoms with Crippen molar-refractivity contribution in [3.8, 4) is 5.75 Å². The summed E-state index contributed by atoms with van der Waals surface area (Å²) >= 11 is 0. The highest BCUT2D eigenvalue weighted by Crippen LogP contribution is 2.31. The van der Waals surface area contributed by atoms with Crippen molar-refractivity contribution in [1.82, 2.24) is 0 Å². The van der Waals surface area contributed by atoms with E-state index >= 15 is 0 Å². The average molecular weight is 262 g/mol. The van der Waals surface area contributed by atoms with E-state index in [1.54, 1.807) is 7.11 Å². The number of nitrogens with two attached hydrogens (primary N) is 1. The van der Waals surface area contributed by atoms with E-state index in [1.165, 1.54) is 18.4 Å². The smallest absolute Gasteiger partial charge is 0.142 e. The van der Waals surface area contributed by atoms with Gasteiger partial charge in [-0.3, -0.25) is 0 Å². The standard InChI is InChI=1S/C16H26N2O/c1-11(2)12-8-9-15(16(10-12)19-3)18-14-7-5-4-6-13(14)17/h8-11,13-14,18H,4-7,17H2,1-3H3. The molecule has 0 radical (unpaired) electrons. The zero-order chi connectivity index (χ0) is 13.8. The maximum absolute atomic E-state index is 6.19. The molecule has 1 fully saturated rings. The third-order valence-corrected chi connectivity index (χ3v) is 4.05. The van der Waals surface area contributed by atoms with E-state index in [-0.39, 0.29) is 6.04 Å². The van der Waals surface area contributed by atoms with E-state index in [1.807, 2.05) is 0 Å². The second-order valence-electron chi connectivity index (χ2n) is 5.81. The molecule has 0 amide bonds. The van der Waals surface area contributed by atoms with Crippen molar-refractivity contribution in [2.45, 2.75) is 57.5 Å². The fourth-order valence-corrected chi connectivity index (χ4v) is 2.72. The number of hydrogen-bond acceptors (Lipinski definition) is 3. The lowest BCUT2D eigenvalue weighted by Gasteiger charge is -2.30. The first kappa shape index (κ1) is 14.2. The molecule has 0 spiro atoms. The van der Waals surface area contributed by atoms with Gasteiger partial charge in [0.2, 0.25) is 0 Å². The topological polar surface area (TPSA) is 47.3 Å². The molecule has 0 bridgehead atoms. The third kappa shape index (κ3) is 3.41. The quantitative estimate of drug-likeness (QED) is 0.873. The summed E-state index contributed by atoms with van der Waals surface area (Å²) in [4.78, 5) is 0. The Kier molecular flexibility index (Phi) is 4.70. The molecule has 106 valence electrons. The summed E-state index contributed by atoms with van der Waals surface area (Å²) in [5.74, 6) is 1.43. The fourth-order valence-electron chi connectivity index (χ4n) is 2.72. The van der Waals surface area contributed by atoms with Crippen LogP contribution in [-0.2, 0) is 0 Å². The molecule has 0 aromatic heterocycles. The number of rotatable bonds is 4. The van der Waals surface area contributed by atoms with Crippen LogP contribution >= 0.6 is 0 Å². The maximum Gasteiger partial charge on any atom is 0.142 e. The zero-order valence-electron chi connectivity index (χ0n) is 12.3. The highest BCUT2D eigenvalue weighted by atomic mass is 16.5. The molecule has 0 saturated heterocycles. The van der Waals surface area contributed by atoms with E-state index in [0.717, 1.165) is 24.3 Å². The highest BCUT2D eigenvalue weighted by molar-refractivity contribution is 5.59. The Morgan fingerprint density at radius 3 is 2.63 bits per heavy atom. The van der Waals surface area contributed by atoms with Gasteiger partial charge in [-0.15, -0.1) is 0 Å². The van der Waals surface area contributed by atoms with Gasteiger partial charge in [0, 0.05) is 12.1 Å². The number of hydrogen-bond donors (Lipinski definition) is 2. The fraction of sp³-hybridized carbons (Fsp3) is 0.625. The van der Waals surface area contributed by atoms with Gasteiger partial charge in [-0.25, -0.2) is 0 Å². The second-order valence-corrected chi connectivity index (χ2v) is 5.81. The monoisotopic (exact) mass is 262 g/mol. The van der Waals surface area contributed by atoms with Crippen molar-refractivity contribution >= 4 is 5.69 Å². The average Bonchev–Trinajstić information content (AvgIpc) is 2.41. The molecule has 1 aromatic rings. The van der Waals surface area contributed by atoms with Crippen LogP contribution in [0.25, 0.3) is 0 Å². The van der Waals surface area contributed by atoms with Crippen molar-refractivity contribution in [1.29, 1.82) is 0 Å². The summed E-state index contributed by atoms with van der Waals surface area (Å²) in [7, 11) is 1.73. The van der Waals surface area contributed by atoms with E-state index in [0.29, 0.717) is 12.0 Å². The summed E-state index contributed by atoms with van der Waals surface area (Å²) < 4.78 is 5.51. The molecule has 1 aromatic carbocycles. The van der Waals surface area contributed by atoms with Gasteiger partial charge >= 0.3 is 0 Å². The number of methoxy groups -OCH3 is 1. The summed E-state index contributed by atoms with van der Waals surface area (Å²) in [6.45, 7) is 4.39.